The summed E-state index contributed by atoms with van der Waals surface area (Å²) in [5.74, 6) is 0.212. The summed E-state index contributed by atoms with van der Waals surface area (Å²) in [6, 6.07) is 0. The number of aliphatic carboxylic acids is 1. The van der Waals surface area contributed by atoms with Gasteiger partial charge in [0.25, 0.3) is 0 Å². The molecule has 4 heteroatoms. The highest BCUT2D eigenvalue weighted by Crippen LogP contribution is 2.14. The molecule has 162 valence electrons. The SMILES string of the molecule is C1CO1.CC(C)CCCCCCCCCCCCCCC(=O)O.CC1CO1. The fraction of sp³-hybridized carbons (Fsp3) is 0.957. The van der Waals surface area contributed by atoms with Gasteiger partial charge in [-0.2, -0.15) is 0 Å². The van der Waals surface area contributed by atoms with E-state index in [1.807, 2.05) is 0 Å². The van der Waals surface area contributed by atoms with Crippen LogP contribution in [0.2, 0.25) is 0 Å². The van der Waals surface area contributed by atoms with Crippen LogP contribution in [0, 0.1) is 5.92 Å². The molecule has 1 atom stereocenters. The molecule has 0 radical (unpaired) electrons. The number of carbonyl (C=O) groups is 1. The van der Waals surface area contributed by atoms with E-state index in [0.717, 1.165) is 38.6 Å². The zero-order valence-corrected chi connectivity index (χ0v) is 18.3. The lowest BCUT2D eigenvalue weighted by Gasteiger charge is -2.04. The second-order valence-electron chi connectivity index (χ2n) is 8.33. The molecule has 0 aromatic rings. The normalized spacial score (nSPS) is 16.8. The van der Waals surface area contributed by atoms with Gasteiger partial charge in [0.2, 0.25) is 0 Å². The van der Waals surface area contributed by atoms with Gasteiger partial charge in [0.1, 0.15) is 0 Å². The van der Waals surface area contributed by atoms with Crippen molar-refractivity contribution >= 4 is 5.97 Å². The van der Waals surface area contributed by atoms with Crippen molar-refractivity contribution in [1.29, 1.82) is 0 Å². The first-order chi connectivity index (χ1) is 13.0. The third-order valence-corrected chi connectivity index (χ3v) is 4.63. The second kappa shape index (κ2) is 20.1. The third-order valence-electron chi connectivity index (χ3n) is 4.63. The number of unbranched alkanes of at least 4 members (excludes halogenated alkanes) is 11. The van der Waals surface area contributed by atoms with Crippen LogP contribution in [-0.2, 0) is 14.3 Å². The summed E-state index contributed by atoms with van der Waals surface area (Å²) in [7, 11) is 0. The number of hydrogen-bond acceptors (Lipinski definition) is 3. The Labute approximate surface area is 168 Å². The van der Waals surface area contributed by atoms with E-state index in [1.165, 1.54) is 70.6 Å². The number of hydrogen-bond donors (Lipinski definition) is 1. The van der Waals surface area contributed by atoms with Gasteiger partial charge in [0, 0.05) is 6.42 Å². The smallest absolute Gasteiger partial charge is 0.303 e. The minimum Gasteiger partial charge on any atom is -0.481 e. The zero-order chi connectivity index (χ0) is 20.2. The first-order valence-electron chi connectivity index (χ1n) is 11.4. The van der Waals surface area contributed by atoms with Crippen LogP contribution in [0.5, 0.6) is 0 Å². The van der Waals surface area contributed by atoms with E-state index < -0.39 is 5.97 Å². The van der Waals surface area contributed by atoms with Crippen LogP contribution in [-0.4, -0.2) is 37.0 Å². The Balaban J connectivity index is 0.000000783. The summed E-state index contributed by atoms with van der Waals surface area (Å²) in [5, 5.41) is 8.52. The Bertz CT molecular complexity index is 309. The van der Waals surface area contributed by atoms with E-state index in [4.69, 9.17) is 9.84 Å². The number of carboxylic acids is 1. The van der Waals surface area contributed by atoms with Gasteiger partial charge < -0.3 is 14.6 Å². The van der Waals surface area contributed by atoms with Gasteiger partial charge in [0.15, 0.2) is 0 Å². The highest BCUT2D eigenvalue weighted by Gasteiger charge is 2.13. The molecule has 1 N–H and O–H groups in total. The molecule has 0 aromatic carbocycles. The lowest BCUT2D eigenvalue weighted by molar-refractivity contribution is -0.137. The van der Waals surface area contributed by atoms with Gasteiger partial charge in [0.05, 0.1) is 25.9 Å². The van der Waals surface area contributed by atoms with Crippen LogP contribution in [0.3, 0.4) is 0 Å². The first-order valence-corrected chi connectivity index (χ1v) is 11.4. The first kappa shape index (κ1) is 26.4. The number of rotatable bonds is 15. The summed E-state index contributed by atoms with van der Waals surface area (Å²) in [6.45, 7) is 9.66. The minimum absolute atomic E-state index is 0.344. The fourth-order valence-corrected chi connectivity index (χ4v) is 2.69. The van der Waals surface area contributed by atoms with Crippen molar-refractivity contribution in [3.63, 3.8) is 0 Å². The molecule has 2 rings (SSSR count). The molecule has 2 aliphatic rings. The zero-order valence-electron chi connectivity index (χ0n) is 18.3. The average Bonchev–Trinajstić information content (AvgIpc) is 3.50. The molecule has 0 spiro atoms. The van der Waals surface area contributed by atoms with Gasteiger partial charge in [-0.05, 0) is 19.3 Å². The lowest BCUT2D eigenvalue weighted by Crippen LogP contribution is -1.93. The highest BCUT2D eigenvalue weighted by molar-refractivity contribution is 5.66. The van der Waals surface area contributed by atoms with Crippen LogP contribution >= 0.6 is 0 Å². The van der Waals surface area contributed by atoms with E-state index in [9.17, 15) is 4.79 Å². The second-order valence-corrected chi connectivity index (χ2v) is 8.33. The van der Waals surface area contributed by atoms with Crippen LogP contribution in [0.1, 0.15) is 111 Å². The molecule has 1 unspecified atom stereocenters. The molecule has 2 fully saturated rings. The van der Waals surface area contributed by atoms with Gasteiger partial charge >= 0.3 is 5.97 Å². The molecule has 27 heavy (non-hydrogen) atoms. The van der Waals surface area contributed by atoms with Gasteiger partial charge in [-0.15, -0.1) is 0 Å². The van der Waals surface area contributed by atoms with E-state index in [-0.39, 0.29) is 0 Å². The van der Waals surface area contributed by atoms with Crippen LogP contribution in [0.15, 0.2) is 0 Å². The minimum atomic E-state index is -0.654. The highest BCUT2D eigenvalue weighted by atomic mass is 16.6. The number of epoxide rings is 2. The van der Waals surface area contributed by atoms with Crippen molar-refractivity contribution in [3.8, 4) is 0 Å². The topological polar surface area (TPSA) is 62.4 Å². The fourth-order valence-electron chi connectivity index (χ4n) is 2.69. The summed E-state index contributed by atoms with van der Waals surface area (Å²) in [6.07, 6.45) is 17.9. The Morgan fingerprint density at radius 1 is 0.852 bits per heavy atom. The van der Waals surface area contributed by atoms with E-state index in [1.54, 1.807) is 0 Å². The maximum atomic E-state index is 10.3. The Hall–Kier alpha value is -0.610. The monoisotopic (exact) mass is 386 g/mol. The molecule has 2 aliphatic heterocycles. The average molecular weight is 387 g/mol. The Kier molecular flexibility index (Phi) is 19.7. The molecule has 0 amide bonds. The maximum absolute atomic E-state index is 10.3. The molecule has 2 heterocycles. The summed E-state index contributed by atoms with van der Waals surface area (Å²) in [4.78, 5) is 10.3. The molecule has 0 saturated carbocycles. The summed E-state index contributed by atoms with van der Waals surface area (Å²) >= 11 is 0. The predicted octanol–water partition coefficient (Wildman–Crippen LogP) is 6.61. The largest absolute Gasteiger partial charge is 0.481 e. The van der Waals surface area contributed by atoms with E-state index >= 15 is 0 Å². The van der Waals surface area contributed by atoms with Crippen LogP contribution < -0.4 is 0 Å². The van der Waals surface area contributed by atoms with Gasteiger partial charge in [-0.3, -0.25) is 4.79 Å². The van der Waals surface area contributed by atoms with E-state index in [0.29, 0.717) is 12.5 Å². The third kappa shape index (κ3) is 33.4. The summed E-state index contributed by atoms with van der Waals surface area (Å²) < 4.78 is 9.21. The summed E-state index contributed by atoms with van der Waals surface area (Å²) in [5.41, 5.74) is 0. The predicted molar refractivity (Wildman–Crippen MR) is 113 cm³/mol. The molecule has 0 bridgehead atoms. The van der Waals surface area contributed by atoms with Crippen molar-refractivity contribution < 1.29 is 19.4 Å². The Morgan fingerprint density at radius 3 is 1.44 bits per heavy atom. The molecular weight excluding hydrogens is 340 g/mol. The van der Waals surface area contributed by atoms with Crippen molar-refractivity contribution in [2.24, 2.45) is 5.92 Å². The van der Waals surface area contributed by atoms with Crippen molar-refractivity contribution in [1.82, 2.24) is 0 Å². The van der Waals surface area contributed by atoms with E-state index in [2.05, 4.69) is 25.5 Å². The van der Waals surface area contributed by atoms with Gasteiger partial charge in [-0.25, -0.2) is 0 Å². The lowest BCUT2D eigenvalue weighted by atomic mass is 10.0. The number of ether oxygens (including phenoxy) is 2. The molecule has 2 saturated heterocycles. The van der Waals surface area contributed by atoms with Crippen molar-refractivity contribution in [2.45, 2.75) is 117 Å². The standard InChI is InChI=1S/C18H36O2.C3H6O.C2H4O/c1-17(2)15-13-11-9-7-5-3-4-6-8-10-12-14-16-18(19)20;1-3-2-4-3;1-2-3-1/h17H,3-16H2,1-2H3,(H,19,20);3H,2H2,1H3;1-2H2. The number of carboxylic acid groups (broad SMARTS) is 1. The maximum Gasteiger partial charge on any atom is 0.303 e. The van der Waals surface area contributed by atoms with Crippen molar-refractivity contribution in [3.05, 3.63) is 0 Å². The molecule has 4 nitrogen and oxygen atoms in total. The molecule has 0 aliphatic carbocycles. The molecule has 0 aromatic heterocycles. The Morgan fingerprint density at radius 2 is 1.19 bits per heavy atom. The van der Waals surface area contributed by atoms with Crippen LogP contribution in [0.25, 0.3) is 0 Å². The van der Waals surface area contributed by atoms with Gasteiger partial charge in [-0.1, -0.05) is 90.9 Å². The van der Waals surface area contributed by atoms with Crippen molar-refractivity contribution in [2.75, 3.05) is 19.8 Å². The quantitative estimate of drug-likeness (QED) is 0.254. The molecular formula is C23H46O4. The van der Waals surface area contributed by atoms with Crippen LogP contribution in [0.4, 0.5) is 0 Å².